The molecule has 0 fully saturated rings. The van der Waals surface area contributed by atoms with E-state index >= 15 is 0 Å². The molecule has 19 heteroatoms. The number of phosphoric acid groups is 2. The predicted molar refractivity (Wildman–Crippen MR) is 460 cm³/mol. The van der Waals surface area contributed by atoms with Gasteiger partial charge in [0.2, 0.25) is 0 Å². The average molecular weight is 1620 g/mol. The topological polar surface area (TPSA) is 237 Å². The van der Waals surface area contributed by atoms with Crippen molar-refractivity contribution in [2.75, 3.05) is 39.6 Å². The molecular weight excluding hydrogens is 1440 g/mol. The van der Waals surface area contributed by atoms with Crippen molar-refractivity contribution in [3.05, 3.63) is 0 Å². The van der Waals surface area contributed by atoms with Crippen molar-refractivity contribution >= 4 is 39.5 Å². The van der Waals surface area contributed by atoms with E-state index in [9.17, 15) is 43.2 Å². The summed E-state index contributed by atoms with van der Waals surface area (Å²) in [5, 5.41) is 10.7. The lowest BCUT2D eigenvalue weighted by Crippen LogP contribution is -2.30. The van der Waals surface area contributed by atoms with Crippen LogP contribution in [0.4, 0.5) is 0 Å². The summed E-state index contributed by atoms with van der Waals surface area (Å²) in [6, 6.07) is 0. The summed E-state index contributed by atoms with van der Waals surface area (Å²) < 4.78 is 69.1. The van der Waals surface area contributed by atoms with E-state index in [0.717, 1.165) is 95.8 Å². The van der Waals surface area contributed by atoms with Gasteiger partial charge in [-0.15, -0.1) is 0 Å². The van der Waals surface area contributed by atoms with Gasteiger partial charge in [-0.25, -0.2) is 9.13 Å². The Morgan fingerprint density at radius 2 is 0.414 bits per heavy atom. The Hall–Kier alpha value is -1.94. The third-order valence-corrected chi connectivity index (χ3v) is 23.7. The fourth-order valence-corrected chi connectivity index (χ4v) is 16.1. The molecule has 3 N–H and O–H groups in total. The summed E-state index contributed by atoms with van der Waals surface area (Å²) in [7, 11) is -9.93. The highest BCUT2D eigenvalue weighted by Gasteiger charge is 2.31. The lowest BCUT2D eigenvalue weighted by molar-refractivity contribution is -0.161. The third-order valence-electron chi connectivity index (χ3n) is 21.8. The summed E-state index contributed by atoms with van der Waals surface area (Å²) in [6.45, 7) is 7.36. The van der Waals surface area contributed by atoms with E-state index in [2.05, 4.69) is 34.6 Å². The van der Waals surface area contributed by atoms with Crippen molar-refractivity contribution in [1.29, 1.82) is 0 Å². The minimum Gasteiger partial charge on any atom is -0.462 e. The molecule has 0 aliphatic rings. The van der Waals surface area contributed by atoms with Crippen LogP contribution in [0.2, 0.25) is 0 Å². The maximum atomic E-state index is 13.2. The van der Waals surface area contributed by atoms with Crippen LogP contribution >= 0.6 is 15.6 Å². The molecule has 0 heterocycles. The molecule has 0 amide bonds. The Morgan fingerprint density at radius 3 is 0.613 bits per heavy atom. The van der Waals surface area contributed by atoms with E-state index < -0.39 is 97.5 Å². The zero-order valence-corrected chi connectivity index (χ0v) is 74.9. The van der Waals surface area contributed by atoms with Crippen LogP contribution < -0.4 is 0 Å². The minimum absolute atomic E-state index is 0.108. The van der Waals surface area contributed by atoms with Crippen molar-refractivity contribution in [3.8, 4) is 0 Å². The van der Waals surface area contributed by atoms with Gasteiger partial charge in [-0.2, -0.15) is 0 Å². The molecule has 0 aromatic rings. The molecule has 2 unspecified atom stereocenters. The van der Waals surface area contributed by atoms with Crippen molar-refractivity contribution in [3.63, 3.8) is 0 Å². The Morgan fingerprint density at radius 1 is 0.243 bits per heavy atom. The number of esters is 4. The molecular formula is C92H180O17P2. The van der Waals surface area contributed by atoms with Gasteiger partial charge in [0.1, 0.15) is 19.3 Å². The fraction of sp³-hybridized carbons (Fsp3) is 0.957. The molecule has 0 rings (SSSR count). The zero-order valence-electron chi connectivity index (χ0n) is 73.1. The number of unbranched alkanes of at least 4 members (excludes halogenated alkanes) is 64. The number of hydrogen-bond donors (Lipinski definition) is 3. The van der Waals surface area contributed by atoms with Gasteiger partial charge in [0, 0.05) is 25.7 Å². The van der Waals surface area contributed by atoms with Crippen molar-refractivity contribution in [2.45, 2.75) is 522 Å². The van der Waals surface area contributed by atoms with E-state index in [1.165, 1.54) is 327 Å². The Kier molecular flexibility index (Phi) is 83.0. The number of phosphoric ester groups is 2. The lowest BCUT2D eigenvalue weighted by Gasteiger charge is -2.21. The first kappa shape index (κ1) is 109. The van der Waals surface area contributed by atoms with Crippen LogP contribution in [0.15, 0.2) is 0 Å². The van der Waals surface area contributed by atoms with Crippen molar-refractivity contribution in [2.24, 2.45) is 5.92 Å². The molecule has 0 aliphatic carbocycles. The standard InChI is InChI=1S/C92H180O17P2/c1-6-9-12-15-18-21-24-27-30-33-35-37-39-41-43-46-48-51-54-60-65-70-75-89(94)102-81-87(108-91(96)78-73-68-63-56-53-50-47-44-42-40-38-36-34-31-28-25-22-19-16-13-10-7-2)83-106-110(98,99)104-79-86(93)80-105-111(100,101)107-84-88(82-103-90(95)76-71-66-61-58-57-59-64-69-74-85(4)5)109-92(97)77-72-67-62-55-52-49-45-32-29-26-23-20-17-14-11-8-3/h85-88,93H,6-84H2,1-5H3,(H,98,99)(H,100,101)/t86-,87-,88-/m1/s1. The van der Waals surface area contributed by atoms with Gasteiger partial charge in [-0.05, 0) is 31.6 Å². The van der Waals surface area contributed by atoms with Crippen LogP contribution in [0, 0.1) is 5.92 Å². The smallest absolute Gasteiger partial charge is 0.462 e. The lowest BCUT2D eigenvalue weighted by atomic mass is 10.0. The van der Waals surface area contributed by atoms with Crippen LogP contribution in [0.3, 0.4) is 0 Å². The average Bonchev–Trinajstić information content (AvgIpc) is 0.892. The molecule has 0 saturated carbocycles. The van der Waals surface area contributed by atoms with Crippen LogP contribution in [-0.2, 0) is 65.4 Å². The van der Waals surface area contributed by atoms with E-state index in [1.54, 1.807) is 0 Å². The Labute approximate surface area is 683 Å². The highest BCUT2D eigenvalue weighted by atomic mass is 31.2. The van der Waals surface area contributed by atoms with Gasteiger partial charge in [-0.1, -0.05) is 452 Å². The highest BCUT2D eigenvalue weighted by Crippen LogP contribution is 2.45. The largest absolute Gasteiger partial charge is 0.472 e. The number of rotatable bonds is 92. The summed E-state index contributed by atoms with van der Waals surface area (Å²) in [4.78, 5) is 73.4. The van der Waals surface area contributed by atoms with Gasteiger partial charge < -0.3 is 33.8 Å². The van der Waals surface area contributed by atoms with E-state index in [0.29, 0.717) is 25.7 Å². The number of aliphatic hydroxyl groups excluding tert-OH is 1. The van der Waals surface area contributed by atoms with Crippen LogP contribution in [0.25, 0.3) is 0 Å². The molecule has 0 saturated heterocycles. The van der Waals surface area contributed by atoms with Crippen LogP contribution in [-0.4, -0.2) is 96.7 Å². The maximum Gasteiger partial charge on any atom is 0.472 e. The first-order valence-corrected chi connectivity index (χ1v) is 50.6. The summed E-state index contributed by atoms with van der Waals surface area (Å²) in [5.41, 5.74) is 0. The van der Waals surface area contributed by atoms with E-state index in [-0.39, 0.29) is 25.7 Å². The number of aliphatic hydroxyl groups is 1. The summed E-state index contributed by atoms with van der Waals surface area (Å²) in [6.07, 6.45) is 80.9. The van der Waals surface area contributed by atoms with Gasteiger partial charge in [-0.3, -0.25) is 37.3 Å². The second-order valence-corrected chi connectivity index (χ2v) is 36.4. The molecule has 660 valence electrons. The number of carbonyl (C=O) groups is 4. The van der Waals surface area contributed by atoms with E-state index in [1.807, 2.05) is 0 Å². The van der Waals surface area contributed by atoms with Crippen LogP contribution in [0.5, 0.6) is 0 Å². The second-order valence-electron chi connectivity index (χ2n) is 33.5. The quantitative estimate of drug-likeness (QED) is 0.0222. The summed E-state index contributed by atoms with van der Waals surface area (Å²) in [5.74, 6) is -1.37. The van der Waals surface area contributed by atoms with Gasteiger partial charge >= 0.3 is 39.5 Å². The molecule has 0 radical (unpaired) electrons. The highest BCUT2D eigenvalue weighted by molar-refractivity contribution is 7.47. The number of carbonyl (C=O) groups excluding carboxylic acids is 4. The van der Waals surface area contributed by atoms with Gasteiger partial charge in [0.05, 0.1) is 26.4 Å². The first-order chi connectivity index (χ1) is 54.0. The summed E-state index contributed by atoms with van der Waals surface area (Å²) >= 11 is 0. The first-order valence-electron chi connectivity index (χ1n) is 47.6. The SMILES string of the molecule is CCCCCCCCCCCCCCCCCCCCCCCCC(=O)OC[C@H](COP(=O)(O)OC[C@@H](O)COP(=O)(O)OC[C@@H](COC(=O)CCCCCCCCCCC(C)C)OC(=O)CCCCCCCCCCCCCCCCCC)OC(=O)CCCCCCCCCCCCCCCCCCCCCCCC. The fourth-order valence-electron chi connectivity index (χ4n) is 14.5. The third kappa shape index (κ3) is 85.8. The number of hydrogen-bond acceptors (Lipinski definition) is 15. The number of ether oxygens (including phenoxy) is 4. The molecule has 0 aliphatic heterocycles. The van der Waals surface area contributed by atoms with E-state index in [4.69, 9.17) is 37.0 Å². The minimum atomic E-state index is -4.97. The monoisotopic (exact) mass is 1620 g/mol. The normalized spacial score (nSPS) is 13.7. The molecule has 0 bridgehead atoms. The van der Waals surface area contributed by atoms with Crippen LogP contribution in [0.1, 0.15) is 503 Å². The molecule has 111 heavy (non-hydrogen) atoms. The van der Waals surface area contributed by atoms with Gasteiger partial charge in [0.25, 0.3) is 0 Å². The van der Waals surface area contributed by atoms with Crippen molar-refractivity contribution in [1.82, 2.24) is 0 Å². The molecule has 5 atom stereocenters. The predicted octanol–water partition coefficient (Wildman–Crippen LogP) is 28.7. The zero-order chi connectivity index (χ0) is 81.1. The van der Waals surface area contributed by atoms with Gasteiger partial charge in [0.15, 0.2) is 12.2 Å². The second kappa shape index (κ2) is 84.5. The molecule has 0 spiro atoms. The Balaban J connectivity index is 5.21. The molecule has 17 nitrogen and oxygen atoms in total. The maximum absolute atomic E-state index is 13.2. The molecule has 0 aromatic heterocycles. The van der Waals surface area contributed by atoms with Crippen molar-refractivity contribution < 1.29 is 80.2 Å². The molecule has 0 aromatic carbocycles. The Bertz CT molecular complexity index is 2100.